The van der Waals surface area contributed by atoms with Crippen molar-refractivity contribution < 1.29 is 18.9 Å². The van der Waals surface area contributed by atoms with E-state index in [1.165, 1.54) is 0 Å². The van der Waals surface area contributed by atoms with E-state index in [0.717, 1.165) is 63.3 Å². The highest BCUT2D eigenvalue weighted by molar-refractivity contribution is 7.07. The third kappa shape index (κ3) is 5.87. The molecule has 7 heteroatoms. The zero-order valence-corrected chi connectivity index (χ0v) is 21.3. The number of thiazole rings is 1. The highest BCUT2D eigenvalue weighted by Gasteiger charge is 2.11. The zero-order chi connectivity index (χ0) is 24.6. The Labute approximate surface area is 210 Å². The molecule has 3 aromatic carbocycles. The molecule has 0 unspecified atom stereocenters. The minimum atomic E-state index is 0.642. The van der Waals surface area contributed by atoms with Crippen LogP contribution in [0.2, 0.25) is 0 Å². The normalized spacial score (nSPS) is 11.4. The maximum atomic E-state index is 5.56. The van der Waals surface area contributed by atoms with E-state index in [1.807, 2.05) is 55.5 Å². The summed E-state index contributed by atoms with van der Waals surface area (Å²) in [6.07, 6.45) is 0.816. The fourth-order valence-corrected chi connectivity index (χ4v) is 4.75. The number of rotatable bonds is 10. The second kappa shape index (κ2) is 11.6. The van der Waals surface area contributed by atoms with Gasteiger partial charge in [-0.3, -0.25) is 0 Å². The van der Waals surface area contributed by atoms with E-state index in [1.54, 1.807) is 32.7 Å². The molecule has 6 nitrogen and oxygen atoms in total. The number of hydrogen-bond acceptors (Lipinski definition) is 6. The SMILES string of the molecule is CCOc1ccc(N=c2scc(-c3ccc(OC)cc3)n2CCc2ccc(OC)c(OC)c2)cc1. The van der Waals surface area contributed by atoms with Crippen molar-refractivity contribution in [1.29, 1.82) is 0 Å². The number of ether oxygens (including phenoxy) is 4. The Morgan fingerprint density at radius 1 is 0.800 bits per heavy atom. The van der Waals surface area contributed by atoms with E-state index in [0.29, 0.717) is 6.61 Å². The lowest BCUT2D eigenvalue weighted by Crippen LogP contribution is -2.17. The lowest BCUT2D eigenvalue weighted by atomic mass is 10.1. The summed E-state index contributed by atoms with van der Waals surface area (Å²) < 4.78 is 24.0. The van der Waals surface area contributed by atoms with Crippen LogP contribution in [0.15, 0.2) is 77.1 Å². The highest BCUT2D eigenvalue weighted by atomic mass is 32.1. The largest absolute Gasteiger partial charge is 0.497 e. The number of aromatic nitrogens is 1. The first kappa shape index (κ1) is 24.4. The van der Waals surface area contributed by atoms with Crippen molar-refractivity contribution in [2.24, 2.45) is 4.99 Å². The first-order chi connectivity index (χ1) is 17.1. The zero-order valence-electron chi connectivity index (χ0n) is 20.5. The smallest absolute Gasteiger partial charge is 0.190 e. The first-order valence-corrected chi connectivity index (χ1v) is 12.3. The molecular formula is C28H30N2O4S. The van der Waals surface area contributed by atoms with Gasteiger partial charge in [0.2, 0.25) is 0 Å². The Morgan fingerprint density at radius 2 is 1.51 bits per heavy atom. The number of methoxy groups -OCH3 is 3. The molecule has 182 valence electrons. The van der Waals surface area contributed by atoms with Gasteiger partial charge < -0.3 is 23.5 Å². The molecule has 0 aliphatic heterocycles. The molecule has 1 aromatic heterocycles. The quantitative estimate of drug-likeness (QED) is 0.269. The van der Waals surface area contributed by atoms with Crippen molar-refractivity contribution in [3.05, 3.63) is 82.5 Å². The number of hydrogen-bond donors (Lipinski definition) is 0. The maximum absolute atomic E-state index is 5.56. The van der Waals surface area contributed by atoms with E-state index >= 15 is 0 Å². The van der Waals surface area contributed by atoms with Crippen LogP contribution >= 0.6 is 11.3 Å². The van der Waals surface area contributed by atoms with Gasteiger partial charge in [-0.05, 0) is 85.1 Å². The highest BCUT2D eigenvalue weighted by Crippen LogP contribution is 2.29. The lowest BCUT2D eigenvalue weighted by Gasteiger charge is -2.12. The molecule has 0 saturated heterocycles. The van der Waals surface area contributed by atoms with Crippen molar-refractivity contribution >= 4 is 17.0 Å². The molecule has 35 heavy (non-hydrogen) atoms. The number of nitrogens with zero attached hydrogens (tertiary/aromatic N) is 2. The topological polar surface area (TPSA) is 54.2 Å². The average molecular weight is 491 g/mol. The summed E-state index contributed by atoms with van der Waals surface area (Å²) in [5.41, 5.74) is 4.27. The van der Waals surface area contributed by atoms with Gasteiger partial charge in [0.05, 0.1) is 39.3 Å². The van der Waals surface area contributed by atoms with Gasteiger partial charge in [-0.15, -0.1) is 11.3 Å². The summed E-state index contributed by atoms with van der Waals surface area (Å²) in [4.78, 5) is 5.88. The summed E-state index contributed by atoms with van der Waals surface area (Å²) in [5, 5.41) is 2.16. The second-order valence-electron chi connectivity index (χ2n) is 7.76. The Balaban J connectivity index is 1.69. The van der Waals surface area contributed by atoms with Crippen molar-refractivity contribution in [2.75, 3.05) is 27.9 Å². The average Bonchev–Trinajstić information content (AvgIpc) is 3.30. The van der Waals surface area contributed by atoms with Crippen LogP contribution in [0.3, 0.4) is 0 Å². The summed E-state index contributed by atoms with van der Waals surface area (Å²) in [6.45, 7) is 3.38. The van der Waals surface area contributed by atoms with Gasteiger partial charge in [-0.2, -0.15) is 0 Å². The van der Waals surface area contributed by atoms with E-state index in [2.05, 4.69) is 28.1 Å². The molecule has 1 heterocycles. The van der Waals surface area contributed by atoms with Gasteiger partial charge in [0.25, 0.3) is 0 Å². The van der Waals surface area contributed by atoms with Crippen LogP contribution in [-0.4, -0.2) is 32.5 Å². The van der Waals surface area contributed by atoms with Crippen LogP contribution in [0.4, 0.5) is 5.69 Å². The van der Waals surface area contributed by atoms with E-state index in [-0.39, 0.29) is 0 Å². The summed E-state index contributed by atoms with van der Waals surface area (Å²) in [5.74, 6) is 3.14. The summed E-state index contributed by atoms with van der Waals surface area (Å²) >= 11 is 1.63. The Hall–Kier alpha value is -3.71. The molecule has 4 rings (SSSR count). The molecule has 0 radical (unpaired) electrons. The molecule has 0 saturated carbocycles. The molecular weight excluding hydrogens is 460 g/mol. The van der Waals surface area contributed by atoms with Crippen LogP contribution in [0.5, 0.6) is 23.0 Å². The van der Waals surface area contributed by atoms with Gasteiger partial charge in [0.15, 0.2) is 16.3 Å². The Morgan fingerprint density at radius 3 is 2.17 bits per heavy atom. The predicted molar refractivity (Wildman–Crippen MR) is 140 cm³/mol. The van der Waals surface area contributed by atoms with Crippen molar-refractivity contribution in [1.82, 2.24) is 4.57 Å². The number of benzene rings is 3. The Kier molecular flexibility index (Phi) is 8.11. The number of aryl methyl sites for hydroxylation is 1. The van der Waals surface area contributed by atoms with Gasteiger partial charge in [0, 0.05) is 11.9 Å². The van der Waals surface area contributed by atoms with Gasteiger partial charge in [-0.25, -0.2) is 4.99 Å². The maximum Gasteiger partial charge on any atom is 0.190 e. The molecule has 0 bridgehead atoms. The summed E-state index contributed by atoms with van der Waals surface area (Å²) in [7, 11) is 4.98. The monoisotopic (exact) mass is 490 g/mol. The van der Waals surface area contributed by atoms with Crippen LogP contribution in [0, 0.1) is 0 Å². The lowest BCUT2D eigenvalue weighted by molar-refractivity contribution is 0.340. The molecule has 0 spiro atoms. The molecule has 0 aliphatic carbocycles. The Bertz CT molecular complexity index is 1310. The minimum absolute atomic E-state index is 0.642. The van der Waals surface area contributed by atoms with Crippen molar-refractivity contribution in [3.63, 3.8) is 0 Å². The molecule has 0 amide bonds. The fraction of sp³-hybridized carbons (Fsp3) is 0.250. The van der Waals surface area contributed by atoms with Crippen molar-refractivity contribution in [2.45, 2.75) is 19.9 Å². The van der Waals surface area contributed by atoms with E-state index in [9.17, 15) is 0 Å². The van der Waals surface area contributed by atoms with E-state index in [4.69, 9.17) is 23.9 Å². The minimum Gasteiger partial charge on any atom is -0.497 e. The van der Waals surface area contributed by atoms with E-state index < -0.39 is 0 Å². The van der Waals surface area contributed by atoms with Crippen LogP contribution < -0.4 is 23.7 Å². The molecule has 4 aromatic rings. The first-order valence-electron chi connectivity index (χ1n) is 11.5. The van der Waals surface area contributed by atoms with Crippen LogP contribution in [-0.2, 0) is 13.0 Å². The summed E-state index contributed by atoms with van der Waals surface area (Å²) in [6, 6.07) is 22.0. The van der Waals surface area contributed by atoms with Gasteiger partial charge >= 0.3 is 0 Å². The van der Waals surface area contributed by atoms with Crippen LogP contribution in [0.25, 0.3) is 11.3 Å². The van der Waals surface area contributed by atoms with Crippen molar-refractivity contribution in [3.8, 4) is 34.3 Å². The predicted octanol–water partition coefficient (Wildman–Crippen LogP) is 6.12. The second-order valence-corrected chi connectivity index (χ2v) is 8.60. The third-order valence-corrected chi connectivity index (χ3v) is 6.49. The standard InChI is InChI=1S/C28H30N2O4S/c1-5-34-24-13-9-22(10-14-24)29-28-30(17-16-20-6-15-26(32-3)27(18-20)33-4)25(19-35-28)21-7-11-23(31-2)12-8-21/h6-15,18-19H,5,16-17H2,1-4H3. The molecule has 0 atom stereocenters. The molecule has 0 fully saturated rings. The molecule has 0 N–H and O–H groups in total. The third-order valence-electron chi connectivity index (χ3n) is 5.63. The van der Waals surface area contributed by atoms with Gasteiger partial charge in [0.1, 0.15) is 11.5 Å². The van der Waals surface area contributed by atoms with Gasteiger partial charge in [-0.1, -0.05) is 6.07 Å². The molecule has 0 aliphatic rings. The van der Waals surface area contributed by atoms with Crippen LogP contribution in [0.1, 0.15) is 12.5 Å². The fourth-order valence-electron chi connectivity index (χ4n) is 3.80.